The highest BCUT2D eigenvalue weighted by atomic mass is 15.2. The molecule has 4 aromatic heterocycles. The van der Waals surface area contributed by atoms with Gasteiger partial charge in [-0.25, -0.2) is 0 Å². The summed E-state index contributed by atoms with van der Waals surface area (Å²) in [6, 6.07) is 52.0. The molecule has 0 aliphatic rings. The summed E-state index contributed by atoms with van der Waals surface area (Å²) in [6.45, 7) is 1.58. The van der Waals surface area contributed by atoms with Crippen molar-refractivity contribution in [1.29, 1.82) is 0 Å². The van der Waals surface area contributed by atoms with Crippen LogP contribution in [0, 0.1) is 0 Å². The average molecular weight is 543 g/mol. The number of benzene rings is 4. The molecule has 0 spiro atoms. The molecule has 8 rings (SSSR count). The molecule has 0 unspecified atom stereocenters. The molecule has 0 N–H and O–H groups in total. The van der Waals surface area contributed by atoms with E-state index >= 15 is 0 Å². The molecule has 0 aliphatic heterocycles. The summed E-state index contributed by atoms with van der Waals surface area (Å²) in [4.78, 5) is 4.99. The number of nitrogens with zero attached hydrogens (tertiary/aromatic N) is 4. The molecular weight excluding hydrogens is 512 g/mol. The number of rotatable bonds is 7. The fourth-order valence-corrected chi connectivity index (χ4v) is 6.46. The van der Waals surface area contributed by atoms with E-state index in [1.165, 1.54) is 55.6 Å². The zero-order valence-electron chi connectivity index (χ0n) is 23.2. The molecule has 0 atom stereocenters. The van der Waals surface area contributed by atoms with Gasteiger partial charge in [0.05, 0.1) is 33.4 Å². The maximum absolute atomic E-state index is 2.49. The van der Waals surface area contributed by atoms with Gasteiger partial charge in [0, 0.05) is 47.6 Å². The van der Waals surface area contributed by atoms with Crippen LogP contribution in [0.2, 0.25) is 0 Å². The largest absolute Gasteiger partial charge is 0.337 e. The molecule has 0 bridgehead atoms. The van der Waals surface area contributed by atoms with E-state index in [-0.39, 0.29) is 0 Å². The van der Waals surface area contributed by atoms with Gasteiger partial charge in [0.1, 0.15) is 0 Å². The van der Waals surface area contributed by atoms with Gasteiger partial charge in [0.2, 0.25) is 0 Å². The maximum Gasteiger partial charge on any atom is 0.0750 e. The van der Waals surface area contributed by atoms with Crippen LogP contribution in [0.1, 0.15) is 0 Å². The summed E-state index contributed by atoms with van der Waals surface area (Å²) in [5.41, 5.74) is 9.66. The van der Waals surface area contributed by atoms with E-state index in [2.05, 4.69) is 177 Å². The molecule has 0 fully saturated rings. The van der Waals surface area contributed by atoms with Crippen molar-refractivity contribution in [3.05, 3.63) is 158 Å². The lowest BCUT2D eigenvalue weighted by Crippen LogP contribution is -2.30. The van der Waals surface area contributed by atoms with Crippen LogP contribution in [0.5, 0.6) is 0 Å². The Hall–Kier alpha value is -5.48. The van der Waals surface area contributed by atoms with Crippen LogP contribution >= 0.6 is 0 Å². The highest BCUT2D eigenvalue weighted by molar-refractivity contribution is 6.06. The quantitative estimate of drug-likeness (QED) is 0.199. The lowest BCUT2D eigenvalue weighted by atomic mass is 10.1. The summed E-state index contributed by atoms with van der Waals surface area (Å²) in [5, 5.41) is 2.50. The van der Waals surface area contributed by atoms with Crippen molar-refractivity contribution in [2.24, 2.45) is 0 Å². The molecule has 0 aliphatic carbocycles. The van der Waals surface area contributed by atoms with Crippen molar-refractivity contribution < 1.29 is 0 Å². The topological polar surface area (TPSA) is 15.3 Å². The Balaban J connectivity index is 1.32. The number of pyridine rings is 2. The second-order valence-corrected chi connectivity index (χ2v) is 10.6. The molecule has 4 heteroatoms. The molecule has 42 heavy (non-hydrogen) atoms. The van der Waals surface area contributed by atoms with Gasteiger partial charge in [0.25, 0.3) is 0 Å². The number of aromatic nitrogens is 2. The van der Waals surface area contributed by atoms with E-state index in [0.29, 0.717) is 0 Å². The van der Waals surface area contributed by atoms with Crippen molar-refractivity contribution in [1.82, 2.24) is 8.80 Å². The van der Waals surface area contributed by atoms with E-state index in [0.717, 1.165) is 13.1 Å². The van der Waals surface area contributed by atoms with Crippen molar-refractivity contribution in [2.45, 2.75) is 0 Å². The molecule has 4 aromatic carbocycles. The highest BCUT2D eigenvalue weighted by Crippen LogP contribution is 2.41. The lowest BCUT2D eigenvalue weighted by molar-refractivity contribution is 0.893. The molecule has 8 aromatic rings. The van der Waals surface area contributed by atoms with Crippen LogP contribution in [-0.2, 0) is 0 Å². The average Bonchev–Trinajstić information content (AvgIpc) is 3.57. The third-order valence-corrected chi connectivity index (χ3v) is 8.27. The third kappa shape index (κ3) is 3.92. The van der Waals surface area contributed by atoms with E-state index in [1.54, 1.807) is 0 Å². The molecule has 4 nitrogen and oxygen atoms in total. The minimum absolute atomic E-state index is 0.788. The van der Waals surface area contributed by atoms with Crippen molar-refractivity contribution in [3.63, 3.8) is 0 Å². The van der Waals surface area contributed by atoms with E-state index in [9.17, 15) is 0 Å². The fraction of sp³-hybridized carbons (Fsp3) is 0.0526. The van der Waals surface area contributed by atoms with Crippen LogP contribution in [0.25, 0.3) is 32.8 Å². The van der Waals surface area contributed by atoms with Crippen molar-refractivity contribution in [3.8, 4) is 0 Å². The highest BCUT2D eigenvalue weighted by Gasteiger charge is 2.23. The van der Waals surface area contributed by atoms with Gasteiger partial charge in [-0.2, -0.15) is 0 Å². The van der Waals surface area contributed by atoms with Crippen LogP contribution in [0.4, 0.5) is 22.7 Å². The van der Waals surface area contributed by atoms with Crippen LogP contribution in [0.15, 0.2) is 158 Å². The first-order chi connectivity index (χ1) is 20.9. The predicted molar refractivity (Wildman–Crippen MR) is 177 cm³/mol. The summed E-state index contributed by atoms with van der Waals surface area (Å²) in [5.74, 6) is 0. The molecule has 202 valence electrons. The molecule has 0 saturated heterocycles. The standard InChI is InChI=1S/C38H30N4/c1-3-15-29(16-4-1)39(37-31-19-7-9-21-33(31)41-25-13-11-23-35(37)41)27-28-40(30-17-5-2-6-18-30)38-32-20-8-10-22-34(32)42-26-14-12-24-36(38)42/h1-26H,27-28H2. The van der Waals surface area contributed by atoms with Crippen molar-refractivity contribution in [2.75, 3.05) is 22.9 Å². The Kier molecular flexibility index (Phi) is 5.89. The SMILES string of the molecule is c1ccc(N(CCN(c2ccccc2)c2c3ccccc3n3ccccc23)c2c3ccccc3n3ccccc23)cc1. The Morgan fingerprint density at radius 2 is 0.714 bits per heavy atom. The number of anilines is 4. The second kappa shape index (κ2) is 10.2. The number of para-hydroxylation sites is 4. The smallest absolute Gasteiger partial charge is 0.0750 e. The Labute approximate surface area is 244 Å². The Morgan fingerprint density at radius 1 is 0.357 bits per heavy atom. The van der Waals surface area contributed by atoms with Gasteiger partial charge in [-0.05, 0) is 60.7 Å². The first-order valence-electron chi connectivity index (χ1n) is 14.5. The Bertz CT molecular complexity index is 1890. The zero-order chi connectivity index (χ0) is 27.9. The minimum atomic E-state index is 0.788. The molecule has 0 saturated carbocycles. The molecule has 4 heterocycles. The Morgan fingerprint density at radius 3 is 1.17 bits per heavy atom. The first kappa shape index (κ1) is 24.3. The minimum Gasteiger partial charge on any atom is -0.337 e. The summed E-state index contributed by atoms with van der Waals surface area (Å²) >= 11 is 0. The van der Waals surface area contributed by atoms with Crippen LogP contribution in [-0.4, -0.2) is 21.9 Å². The normalized spacial score (nSPS) is 11.5. The van der Waals surface area contributed by atoms with Crippen LogP contribution < -0.4 is 9.80 Å². The van der Waals surface area contributed by atoms with Gasteiger partial charge in [-0.1, -0.05) is 84.9 Å². The van der Waals surface area contributed by atoms with E-state index in [1.807, 2.05) is 0 Å². The zero-order valence-corrected chi connectivity index (χ0v) is 23.2. The fourth-order valence-electron chi connectivity index (χ4n) is 6.46. The number of hydrogen-bond donors (Lipinski definition) is 0. The van der Waals surface area contributed by atoms with Gasteiger partial charge in [-0.15, -0.1) is 0 Å². The molecule has 0 amide bonds. The maximum atomic E-state index is 2.49. The predicted octanol–water partition coefficient (Wildman–Crippen LogP) is 9.47. The van der Waals surface area contributed by atoms with Crippen molar-refractivity contribution >= 4 is 55.6 Å². The lowest BCUT2D eigenvalue weighted by Gasteiger charge is -2.31. The second-order valence-electron chi connectivity index (χ2n) is 10.6. The summed E-state index contributed by atoms with van der Waals surface area (Å²) in [6.07, 6.45) is 4.33. The first-order valence-corrected chi connectivity index (χ1v) is 14.5. The summed E-state index contributed by atoms with van der Waals surface area (Å²) in [7, 11) is 0. The monoisotopic (exact) mass is 542 g/mol. The van der Waals surface area contributed by atoms with Gasteiger partial charge < -0.3 is 18.6 Å². The van der Waals surface area contributed by atoms with Gasteiger partial charge in [0.15, 0.2) is 0 Å². The van der Waals surface area contributed by atoms with E-state index in [4.69, 9.17) is 0 Å². The van der Waals surface area contributed by atoms with Crippen LogP contribution in [0.3, 0.4) is 0 Å². The third-order valence-electron chi connectivity index (χ3n) is 8.27. The number of fused-ring (bicyclic) bond motifs is 6. The van der Waals surface area contributed by atoms with E-state index < -0.39 is 0 Å². The van der Waals surface area contributed by atoms with Gasteiger partial charge in [-0.3, -0.25) is 0 Å². The molecule has 0 radical (unpaired) electrons. The molecular formula is C38H30N4. The summed E-state index contributed by atoms with van der Waals surface area (Å²) < 4.78 is 4.62. The van der Waals surface area contributed by atoms with Gasteiger partial charge >= 0.3 is 0 Å². The number of hydrogen-bond acceptors (Lipinski definition) is 2.